The van der Waals surface area contributed by atoms with Crippen LogP contribution in [-0.4, -0.2) is 5.91 Å². The van der Waals surface area contributed by atoms with Crippen LogP contribution in [0.25, 0.3) is 0 Å². The summed E-state index contributed by atoms with van der Waals surface area (Å²) in [5.74, 6) is -0.329. The minimum absolute atomic E-state index is 0. The summed E-state index contributed by atoms with van der Waals surface area (Å²) in [4.78, 5) is 9.85. The van der Waals surface area contributed by atoms with Gasteiger partial charge in [-0.3, -0.25) is 9.52 Å². The molecular weight excluding hydrogens is 193 g/mol. The van der Waals surface area contributed by atoms with Crippen LogP contribution in [0, 0.1) is 0 Å². The van der Waals surface area contributed by atoms with Crippen LogP contribution < -0.4 is 28.2 Å². The van der Waals surface area contributed by atoms with Gasteiger partial charge in [-0.2, -0.15) is 0 Å². The van der Waals surface area contributed by atoms with E-state index >= 15 is 0 Å². The molecule has 1 radical (unpaired) electrons. The van der Waals surface area contributed by atoms with Crippen molar-refractivity contribution in [3.05, 3.63) is 12.7 Å². The van der Waals surface area contributed by atoms with Crippen LogP contribution >= 0.6 is 12.8 Å². The summed E-state index contributed by atoms with van der Waals surface area (Å²) in [5, 5.41) is 0. The lowest BCUT2D eigenvalue weighted by Gasteiger charge is -1.79. The van der Waals surface area contributed by atoms with Gasteiger partial charge in [-0.1, -0.05) is 6.58 Å². The number of hydrogen-bond acceptors (Lipinski definition) is 1. The molecule has 0 heterocycles. The highest BCUT2D eigenvalue weighted by Crippen LogP contribution is 1.64. The van der Waals surface area contributed by atoms with E-state index in [0.29, 0.717) is 0 Å². The molecule has 0 saturated carbocycles. The zero-order chi connectivity index (χ0) is 4.99. The molecule has 8 heteroatoms. The second-order valence-electron chi connectivity index (χ2n) is 0.670. The molecule has 0 aliphatic rings. The number of hydrogen-bond donors (Lipinski definition) is 1. The fourth-order valence-electron chi connectivity index (χ4n) is 0.0417. The molecule has 0 bridgehead atoms. The van der Waals surface area contributed by atoms with Crippen LogP contribution in [0.15, 0.2) is 12.7 Å². The molecule has 0 aliphatic carbocycles. The van der Waals surface area contributed by atoms with E-state index in [2.05, 4.69) is 19.4 Å². The van der Waals surface area contributed by atoms with Crippen molar-refractivity contribution in [2.24, 2.45) is 0 Å². The SMILES string of the molecule is C=CC(=O)N[S].[F-].[F-].[F-].[F-].[F-]. The first-order valence-corrected chi connectivity index (χ1v) is 1.76. The monoisotopic (exact) mass is 197 g/mol. The lowest BCUT2D eigenvalue weighted by atomic mass is 10.6. The summed E-state index contributed by atoms with van der Waals surface area (Å²) < 4.78 is 1.94. The van der Waals surface area contributed by atoms with Crippen molar-refractivity contribution >= 4 is 18.7 Å². The average molecular weight is 197 g/mol. The van der Waals surface area contributed by atoms with Gasteiger partial charge in [0.2, 0.25) is 0 Å². The van der Waals surface area contributed by atoms with E-state index in [9.17, 15) is 4.79 Å². The highest BCUT2D eigenvalue weighted by atomic mass is 32.1. The maximum Gasteiger partial charge on any atom is 0.253 e. The molecule has 2 nitrogen and oxygen atoms in total. The molecule has 0 saturated heterocycles. The third kappa shape index (κ3) is 46.5. The number of nitrogens with one attached hydrogen (secondary N) is 1. The molecule has 1 amide bonds. The Labute approximate surface area is 65.4 Å². The third-order valence-electron chi connectivity index (χ3n) is 0.286. The standard InChI is InChI=1S/C3H4NOS.5FH/c1-2-3(5)4-6;;;;;/h2H,1H2,(H,4,5);5*1H/p-5. The summed E-state index contributed by atoms with van der Waals surface area (Å²) in [6.07, 6.45) is 1.12. The highest BCUT2D eigenvalue weighted by molar-refractivity contribution is 7.78. The van der Waals surface area contributed by atoms with Gasteiger partial charge in [-0.25, -0.2) is 0 Å². The van der Waals surface area contributed by atoms with E-state index in [1.807, 2.05) is 4.72 Å². The minimum Gasteiger partial charge on any atom is -1.00 e. The molecule has 0 aromatic carbocycles. The fourth-order valence-corrected chi connectivity index (χ4v) is 0.125. The van der Waals surface area contributed by atoms with Crippen molar-refractivity contribution in [2.75, 3.05) is 0 Å². The molecule has 0 fully saturated rings. The van der Waals surface area contributed by atoms with Gasteiger partial charge in [0.15, 0.2) is 0 Å². The van der Waals surface area contributed by atoms with Gasteiger partial charge < -0.3 is 23.5 Å². The van der Waals surface area contributed by atoms with E-state index in [-0.39, 0.29) is 29.4 Å². The molecule has 0 aromatic heterocycles. The minimum atomic E-state index is -0.329. The molecule has 0 rings (SSSR count). The molecule has 0 atom stereocenters. The Hall–Kier alpha value is -0.790. The first-order valence-electron chi connectivity index (χ1n) is 1.36. The second kappa shape index (κ2) is 35.0. The van der Waals surface area contributed by atoms with Gasteiger partial charge >= 0.3 is 0 Å². The van der Waals surface area contributed by atoms with Crippen molar-refractivity contribution in [3.63, 3.8) is 0 Å². The van der Waals surface area contributed by atoms with Crippen molar-refractivity contribution in [3.8, 4) is 0 Å². The molecule has 0 unspecified atom stereocenters. The maximum absolute atomic E-state index is 9.85. The molecule has 11 heavy (non-hydrogen) atoms. The highest BCUT2D eigenvalue weighted by Gasteiger charge is 1.80. The van der Waals surface area contributed by atoms with Gasteiger partial charge in [-0.05, 0) is 6.08 Å². The Kier molecular flexibility index (Phi) is 156. The van der Waals surface area contributed by atoms with Gasteiger partial charge in [0, 0.05) is 12.8 Å². The lowest BCUT2D eigenvalue weighted by Crippen LogP contribution is -3.00. The van der Waals surface area contributed by atoms with Gasteiger partial charge in [0.25, 0.3) is 5.91 Å². The predicted molar refractivity (Wildman–Crippen MR) is 25.9 cm³/mol. The smallest absolute Gasteiger partial charge is 0.253 e. The van der Waals surface area contributed by atoms with Crippen LogP contribution in [-0.2, 0) is 4.79 Å². The fraction of sp³-hybridized carbons (Fsp3) is 0. The van der Waals surface area contributed by atoms with E-state index < -0.39 is 0 Å². The first kappa shape index (κ1) is 48.9. The van der Waals surface area contributed by atoms with Crippen LogP contribution in [0.3, 0.4) is 0 Å². The van der Waals surface area contributed by atoms with Crippen LogP contribution in [0.5, 0.6) is 0 Å². The largest absolute Gasteiger partial charge is 1.00 e. The van der Waals surface area contributed by atoms with Crippen molar-refractivity contribution in [1.29, 1.82) is 0 Å². The molecular formula is C3H4F5NOS-5. The Bertz CT molecular complexity index is 82.1. The Morgan fingerprint density at radius 3 is 1.45 bits per heavy atom. The number of rotatable bonds is 1. The van der Waals surface area contributed by atoms with Gasteiger partial charge in [-0.15, -0.1) is 0 Å². The average Bonchev–Trinajstić information content (AvgIpc) is 1.65. The topological polar surface area (TPSA) is 29.1 Å². The molecule has 1 N–H and O–H groups in total. The summed E-state index contributed by atoms with van der Waals surface area (Å²) in [6, 6.07) is 0. The molecule has 73 valence electrons. The summed E-state index contributed by atoms with van der Waals surface area (Å²) in [7, 11) is 0. The van der Waals surface area contributed by atoms with Gasteiger partial charge in [0.05, 0.1) is 0 Å². The normalized spacial score (nSPS) is 3.73. The van der Waals surface area contributed by atoms with Crippen LogP contribution in [0.1, 0.15) is 0 Å². The Morgan fingerprint density at radius 2 is 1.45 bits per heavy atom. The summed E-state index contributed by atoms with van der Waals surface area (Å²) in [6.45, 7) is 3.15. The zero-order valence-corrected chi connectivity index (χ0v) is 5.81. The van der Waals surface area contributed by atoms with E-state index in [1.165, 1.54) is 0 Å². The maximum atomic E-state index is 9.85. The third-order valence-corrected chi connectivity index (χ3v) is 0.487. The van der Waals surface area contributed by atoms with E-state index in [4.69, 9.17) is 0 Å². The van der Waals surface area contributed by atoms with Crippen molar-refractivity contribution < 1.29 is 28.3 Å². The first-order chi connectivity index (χ1) is 2.81. The quantitative estimate of drug-likeness (QED) is 0.328. The molecule has 0 spiro atoms. The summed E-state index contributed by atoms with van der Waals surface area (Å²) in [5.41, 5.74) is 0. The lowest BCUT2D eigenvalue weighted by molar-refractivity contribution is -0.114. The van der Waals surface area contributed by atoms with E-state index in [1.54, 1.807) is 0 Å². The van der Waals surface area contributed by atoms with Crippen LogP contribution in [0.4, 0.5) is 0 Å². The summed E-state index contributed by atoms with van der Waals surface area (Å²) >= 11 is 4.10. The Balaban J connectivity index is -0.0000000125. The van der Waals surface area contributed by atoms with Crippen molar-refractivity contribution in [2.45, 2.75) is 0 Å². The number of halogens is 5. The van der Waals surface area contributed by atoms with Crippen molar-refractivity contribution in [1.82, 2.24) is 4.72 Å². The number of carbonyl (C=O) groups excluding carboxylic acids is 1. The number of amides is 1. The Morgan fingerprint density at radius 1 is 1.18 bits per heavy atom. The van der Waals surface area contributed by atoms with E-state index in [0.717, 1.165) is 6.08 Å². The predicted octanol–water partition coefficient (Wildman–Crippen LogP) is -14.6. The number of carbonyl (C=O) groups is 1. The molecule has 0 aliphatic heterocycles. The zero-order valence-electron chi connectivity index (χ0n) is 4.99. The molecule has 0 aromatic rings. The van der Waals surface area contributed by atoms with Gasteiger partial charge in [0.1, 0.15) is 0 Å². The van der Waals surface area contributed by atoms with Crippen LogP contribution in [0.2, 0.25) is 0 Å². The second-order valence-corrected chi connectivity index (χ2v) is 0.875.